The van der Waals surface area contributed by atoms with Gasteiger partial charge in [0.05, 0.1) is 23.6 Å². The Hall–Kier alpha value is -2.61. The second-order valence-corrected chi connectivity index (χ2v) is 10.6. The van der Waals surface area contributed by atoms with Crippen molar-refractivity contribution in [3.63, 3.8) is 0 Å². The molecule has 0 radical (unpaired) electrons. The lowest BCUT2D eigenvalue weighted by Gasteiger charge is -2.35. The van der Waals surface area contributed by atoms with Gasteiger partial charge >= 0.3 is 6.09 Å². The fourth-order valence-electron chi connectivity index (χ4n) is 5.20. The van der Waals surface area contributed by atoms with Crippen molar-refractivity contribution < 1.29 is 14.3 Å². The minimum atomic E-state index is -0.485. The van der Waals surface area contributed by atoms with E-state index in [-0.39, 0.29) is 12.1 Å². The molecule has 4 rings (SSSR count). The Morgan fingerprint density at radius 1 is 1.12 bits per heavy atom. The van der Waals surface area contributed by atoms with Gasteiger partial charge in [-0.25, -0.2) is 4.79 Å². The minimum Gasteiger partial charge on any atom is -0.444 e. The third-order valence-corrected chi connectivity index (χ3v) is 6.72. The molecule has 8 heteroatoms. The molecule has 0 spiro atoms. The summed E-state index contributed by atoms with van der Waals surface area (Å²) in [6.07, 6.45) is 8.09. The van der Waals surface area contributed by atoms with Crippen LogP contribution in [0.5, 0.6) is 0 Å². The monoisotopic (exact) mass is 469 g/mol. The molecule has 8 nitrogen and oxygen atoms in total. The first-order chi connectivity index (χ1) is 16.2. The molecule has 3 fully saturated rings. The lowest BCUT2D eigenvalue weighted by Crippen LogP contribution is -2.43. The van der Waals surface area contributed by atoms with Gasteiger partial charge in [-0.2, -0.15) is 0 Å². The Morgan fingerprint density at radius 2 is 1.76 bits per heavy atom. The average molecular weight is 470 g/mol. The average Bonchev–Trinajstić information content (AvgIpc) is 3.11. The van der Waals surface area contributed by atoms with Crippen LogP contribution in [-0.4, -0.2) is 62.0 Å². The zero-order valence-corrected chi connectivity index (χ0v) is 21.0. The van der Waals surface area contributed by atoms with Gasteiger partial charge in [-0.05, 0) is 85.1 Å². The van der Waals surface area contributed by atoms with Crippen LogP contribution in [-0.2, 0) is 9.47 Å². The fourth-order valence-corrected chi connectivity index (χ4v) is 5.20. The number of morpholine rings is 1. The predicted octanol–water partition coefficient (Wildman–Crippen LogP) is 5.36. The van der Waals surface area contributed by atoms with Gasteiger partial charge in [0.25, 0.3) is 0 Å². The van der Waals surface area contributed by atoms with Crippen LogP contribution in [0.15, 0.2) is 22.1 Å². The van der Waals surface area contributed by atoms with Gasteiger partial charge in [0, 0.05) is 37.1 Å². The van der Waals surface area contributed by atoms with Crippen molar-refractivity contribution in [3.05, 3.63) is 12.1 Å². The number of nitrogens with zero attached hydrogens (tertiary/aromatic N) is 3. The van der Waals surface area contributed by atoms with E-state index in [0.717, 1.165) is 74.4 Å². The molecule has 3 aliphatic rings. The second-order valence-electron chi connectivity index (χ2n) is 10.6. The zero-order chi connectivity index (χ0) is 24.3. The molecule has 186 valence electrons. The first-order valence-electron chi connectivity index (χ1n) is 12.5. The highest BCUT2D eigenvalue weighted by molar-refractivity contribution is 5.86. The number of nitrogens with one attached hydrogen (secondary N) is 2. The largest absolute Gasteiger partial charge is 0.444 e. The minimum absolute atomic E-state index is 0.139. The first-order valence-corrected chi connectivity index (χ1v) is 12.5. The third kappa shape index (κ3) is 6.09. The number of hydrogen-bond acceptors (Lipinski definition) is 7. The number of amides is 1. The standard InChI is InChI=1S/C26H39N5O3/c1-6-28-22-13-19(31-15-20-11-12-21(16-31)33-20)14-23(24(22)27-5)29-17-7-9-18(10-8-17)30-25(32)34-26(2,3)4/h6,13-14,17-18,20-21,29H,5,7-12,15-16H2,1-4H3,(H,30,32). The van der Waals surface area contributed by atoms with Crippen molar-refractivity contribution in [2.45, 2.75) is 96.1 Å². The van der Waals surface area contributed by atoms with E-state index >= 15 is 0 Å². The molecule has 2 unspecified atom stereocenters. The molecule has 0 aromatic heterocycles. The molecule has 2 saturated heterocycles. The summed E-state index contributed by atoms with van der Waals surface area (Å²) in [5.41, 5.74) is 3.25. The number of aliphatic imine (C=N–C) groups is 2. The summed E-state index contributed by atoms with van der Waals surface area (Å²) in [6, 6.07) is 4.74. The Bertz CT molecular complexity index is 906. The number of hydrogen-bond donors (Lipinski definition) is 2. The Labute approximate surface area is 203 Å². The molecule has 1 saturated carbocycles. The van der Waals surface area contributed by atoms with E-state index in [1.807, 2.05) is 27.7 Å². The highest BCUT2D eigenvalue weighted by Crippen LogP contribution is 2.42. The number of ether oxygens (including phenoxy) is 2. The highest BCUT2D eigenvalue weighted by Gasteiger charge is 2.34. The van der Waals surface area contributed by atoms with E-state index in [4.69, 9.17) is 9.47 Å². The molecule has 1 aromatic rings. The SMILES string of the molecule is C=Nc1c(N=CC)cc(N2CC3CCC(C2)O3)cc1NC1CCC(NC(=O)OC(C)(C)C)CC1. The van der Waals surface area contributed by atoms with Gasteiger partial charge in [0.15, 0.2) is 0 Å². The van der Waals surface area contributed by atoms with Gasteiger partial charge in [-0.3, -0.25) is 9.98 Å². The molecule has 1 aliphatic carbocycles. The summed E-state index contributed by atoms with van der Waals surface area (Å²) in [5.74, 6) is 0. The van der Waals surface area contributed by atoms with Gasteiger partial charge < -0.3 is 25.0 Å². The lowest BCUT2D eigenvalue weighted by molar-refractivity contribution is 0.0305. The summed E-state index contributed by atoms with van der Waals surface area (Å²) in [7, 11) is 0. The number of alkyl carbamates (subject to hydrolysis) is 1. The van der Waals surface area contributed by atoms with Gasteiger partial charge in [0.2, 0.25) is 0 Å². The normalized spacial score (nSPS) is 27.0. The van der Waals surface area contributed by atoms with Crippen molar-refractivity contribution in [2.24, 2.45) is 9.98 Å². The third-order valence-electron chi connectivity index (χ3n) is 6.72. The van der Waals surface area contributed by atoms with Crippen molar-refractivity contribution >= 4 is 41.8 Å². The van der Waals surface area contributed by atoms with Crippen LogP contribution in [0.4, 0.5) is 27.5 Å². The van der Waals surface area contributed by atoms with Crippen molar-refractivity contribution in [1.82, 2.24) is 5.32 Å². The van der Waals surface area contributed by atoms with Crippen molar-refractivity contribution in [2.75, 3.05) is 23.3 Å². The van der Waals surface area contributed by atoms with E-state index in [1.165, 1.54) is 0 Å². The molecule has 1 aromatic carbocycles. The van der Waals surface area contributed by atoms with Gasteiger partial charge in [-0.1, -0.05) is 0 Å². The summed E-state index contributed by atoms with van der Waals surface area (Å²) >= 11 is 0. The number of rotatable bonds is 6. The summed E-state index contributed by atoms with van der Waals surface area (Å²) in [4.78, 5) is 23.5. The van der Waals surface area contributed by atoms with Crippen LogP contribution in [0, 0.1) is 0 Å². The molecule has 2 atom stereocenters. The lowest BCUT2D eigenvalue weighted by atomic mass is 9.91. The van der Waals surface area contributed by atoms with Crippen LogP contribution in [0.2, 0.25) is 0 Å². The van der Waals surface area contributed by atoms with E-state index in [2.05, 4.69) is 44.4 Å². The van der Waals surface area contributed by atoms with Gasteiger partial charge in [-0.15, -0.1) is 0 Å². The summed E-state index contributed by atoms with van der Waals surface area (Å²) in [6.45, 7) is 13.2. The Balaban J connectivity index is 1.44. The van der Waals surface area contributed by atoms with Crippen LogP contribution in [0.25, 0.3) is 0 Å². The second kappa shape index (κ2) is 10.3. The van der Waals surface area contributed by atoms with Gasteiger partial charge in [0.1, 0.15) is 11.3 Å². The number of carbonyl (C=O) groups is 1. The fraction of sp³-hybridized carbons (Fsp3) is 0.654. The number of benzene rings is 1. The maximum absolute atomic E-state index is 12.1. The Kier molecular flexibility index (Phi) is 7.45. The Morgan fingerprint density at radius 3 is 2.35 bits per heavy atom. The van der Waals surface area contributed by atoms with Crippen LogP contribution in [0.3, 0.4) is 0 Å². The van der Waals surface area contributed by atoms with Crippen LogP contribution in [0.1, 0.15) is 66.2 Å². The van der Waals surface area contributed by atoms with Crippen molar-refractivity contribution in [3.8, 4) is 0 Å². The molecular formula is C26H39N5O3. The van der Waals surface area contributed by atoms with Crippen LogP contribution < -0.4 is 15.5 Å². The molecule has 2 bridgehead atoms. The maximum Gasteiger partial charge on any atom is 0.407 e. The molecular weight excluding hydrogens is 430 g/mol. The highest BCUT2D eigenvalue weighted by atomic mass is 16.6. The van der Waals surface area contributed by atoms with E-state index < -0.39 is 5.60 Å². The van der Waals surface area contributed by atoms with E-state index in [1.54, 1.807) is 6.21 Å². The molecule has 2 aliphatic heterocycles. The first kappa shape index (κ1) is 24.5. The van der Waals surface area contributed by atoms with E-state index in [0.29, 0.717) is 18.2 Å². The van der Waals surface area contributed by atoms with Crippen LogP contribution >= 0.6 is 0 Å². The molecule has 2 N–H and O–H groups in total. The molecule has 34 heavy (non-hydrogen) atoms. The summed E-state index contributed by atoms with van der Waals surface area (Å²) < 4.78 is 11.4. The number of carbonyl (C=O) groups excluding carboxylic acids is 1. The quantitative estimate of drug-likeness (QED) is 0.548. The summed E-state index contributed by atoms with van der Waals surface area (Å²) in [5, 5.41) is 6.74. The number of fused-ring (bicyclic) bond motifs is 2. The number of anilines is 2. The molecule has 2 heterocycles. The maximum atomic E-state index is 12.1. The van der Waals surface area contributed by atoms with E-state index in [9.17, 15) is 4.79 Å². The molecule has 1 amide bonds. The zero-order valence-electron chi connectivity index (χ0n) is 21.0. The van der Waals surface area contributed by atoms with Crippen molar-refractivity contribution in [1.29, 1.82) is 0 Å². The predicted molar refractivity (Wildman–Crippen MR) is 139 cm³/mol. The smallest absolute Gasteiger partial charge is 0.407 e. The topological polar surface area (TPSA) is 87.5 Å².